The van der Waals surface area contributed by atoms with Crippen molar-refractivity contribution < 1.29 is 24.2 Å². The van der Waals surface area contributed by atoms with Gasteiger partial charge in [-0.3, -0.25) is 29.8 Å². The van der Waals surface area contributed by atoms with Crippen molar-refractivity contribution in [2.24, 2.45) is 0 Å². The summed E-state index contributed by atoms with van der Waals surface area (Å²) in [7, 11) is 0. The summed E-state index contributed by atoms with van der Waals surface area (Å²) < 4.78 is 5.76. The molecule has 0 aliphatic heterocycles. The van der Waals surface area contributed by atoms with Gasteiger partial charge < -0.3 is 15.4 Å². The molecule has 0 saturated carbocycles. The van der Waals surface area contributed by atoms with Crippen molar-refractivity contribution in [3.05, 3.63) is 128 Å². The molecule has 0 aromatic heterocycles. The maximum Gasteiger partial charge on any atom is 0.269 e. The van der Waals surface area contributed by atoms with Crippen molar-refractivity contribution in [2.45, 2.75) is 0 Å². The number of hydrogen-bond donors (Lipinski definition) is 2. The largest absolute Gasteiger partial charge is 0.457 e. The van der Waals surface area contributed by atoms with Crippen molar-refractivity contribution in [2.75, 3.05) is 10.6 Å². The molecule has 4 rings (SSSR count). The van der Waals surface area contributed by atoms with E-state index in [-0.39, 0.29) is 23.2 Å². The van der Waals surface area contributed by atoms with Gasteiger partial charge in [-0.1, -0.05) is 0 Å². The topological polar surface area (TPSA) is 154 Å². The van der Waals surface area contributed by atoms with Crippen LogP contribution < -0.4 is 15.4 Å². The Morgan fingerprint density at radius 2 is 0.865 bits per heavy atom. The standard InChI is InChI=1S/C26H18N4O7/c31-25(27-19-5-9-21(10-6-19)29(33)34)17-1-13-23(14-2-17)37-24-15-3-18(4-16-24)26(32)28-20-7-11-22(12-8-20)30(35)36/h1-16H,(H,27,31)(H,28,32). The number of carbonyl (C=O) groups is 2. The molecule has 2 N–H and O–H groups in total. The first kappa shape index (κ1) is 24.5. The smallest absolute Gasteiger partial charge is 0.269 e. The molecule has 11 heteroatoms. The maximum absolute atomic E-state index is 12.4. The molecule has 0 unspecified atom stereocenters. The third-order valence-electron chi connectivity index (χ3n) is 5.14. The van der Waals surface area contributed by atoms with Crippen LogP contribution in [0.3, 0.4) is 0 Å². The Kier molecular flexibility index (Phi) is 7.15. The van der Waals surface area contributed by atoms with Crippen LogP contribution in [0.5, 0.6) is 11.5 Å². The van der Waals surface area contributed by atoms with Gasteiger partial charge in [0.1, 0.15) is 11.5 Å². The molecule has 2 amide bonds. The normalized spacial score (nSPS) is 10.3. The van der Waals surface area contributed by atoms with Gasteiger partial charge in [0.25, 0.3) is 23.2 Å². The third kappa shape index (κ3) is 6.31. The van der Waals surface area contributed by atoms with Crippen LogP contribution in [-0.4, -0.2) is 21.7 Å². The van der Waals surface area contributed by atoms with Crippen molar-refractivity contribution in [1.82, 2.24) is 0 Å². The van der Waals surface area contributed by atoms with Crippen molar-refractivity contribution in [3.63, 3.8) is 0 Å². The zero-order valence-corrected chi connectivity index (χ0v) is 19.0. The Hall–Kier alpha value is -5.58. The molecule has 0 fully saturated rings. The highest BCUT2D eigenvalue weighted by atomic mass is 16.6. The number of amides is 2. The average Bonchev–Trinajstić information content (AvgIpc) is 2.90. The van der Waals surface area contributed by atoms with Crippen LogP contribution in [0.15, 0.2) is 97.1 Å². The van der Waals surface area contributed by atoms with Gasteiger partial charge in [-0.05, 0) is 72.8 Å². The number of non-ortho nitro benzene ring substituents is 2. The van der Waals surface area contributed by atoms with Crippen molar-refractivity contribution in [3.8, 4) is 11.5 Å². The van der Waals surface area contributed by atoms with E-state index in [2.05, 4.69) is 10.6 Å². The van der Waals surface area contributed by atoms with E-state index in [9.17, 15) is 29.8 Å². The van der Waals surface area contributed by atoms with E-state index >= 15 is 0 Å². The summed E-state index contributed by atoms with van der Waals surface area (Å²) in [5.74, 6) is 0.164. The summed E-state index contributed by atoms with van der Waals surface area (Å²) in [5.41, 5.74) is 1.44. The molecular weight excluding hydrogens is 480 g/mol. The monoisotopic (exact) mass is 498 g/mol. The quantitative estimate of drug-likeness (QED) is 0.230. The van der Waals surface area contributed by atoms with Crippen molar-refractivity contribution in [1.29, 1.82) is 0 Å². The molecule has 4 aromatic carbocycles. The molecule has 4 aromatic rings. The molecular formula is C26H18N4O7. The van der Waals surface area contributed by atoms with Crippen LogP contribution in [0.25, 0.3) is 0 Å². The van der Waals surface area contributed by atoms with Gasteiger partial charge in [0.05, 0.1) is 9.85 Å². The fourth-order valence-corrected chi connectivity index (χ4v) is 3.22. The third-order valence-corrected chi connectivity index (χ3v) is 5.14. The summed E-state index contributed by atoms with van der Waals surface area (Å²) in [6.45, 7) is 0. The molecule has 0 aliphatic carbocycles. The second-order valence-electron chi connectivity index (χ2n) is 7.67. The lowest BCUT2D eigenvalue weighted by molar-refractivity contribution is -0.385. The number of nitro benzene ring substituents is 2. The number of nitrogens with zero attached hydrogens (tertiary/aromatic N) is 2. The van der Waals surface area contributed by atoms with Gasteiger partial charge in [0, 0.05) is 46.8 Å². The minimum Gasteiger partial charge on any atom is -0.457 e. The lowest BCUT2D eigenvalue weighted by atomic mass is 10.2. The van der Waals surface area contributed by atoms with Gasteiger partial charge in [0.15, 0.2) is 0 Å². The first-order valence-electron chi connectivity index (χ1n) is 10.8. The van der Waals surface area contributed by atoms with Gasteiger partial charge in [-0.25, -0.2) is 0 Å². The lowest BCUT2D eigenvalue weighted by Crippen LogP contribution is -2.11. The molecule has 0 bridgehead atoms. The summed E-state index contributed by atoms with van der Waals surface area (Å²) in [6, 6.07) is 23.7. The molecule has 0 aliphatic rings. The Labute approximate surface area is 209 Å². The second kappa shape index (κ2) is 10.8. The first-order chi connectivity index (χ1) is 17.8. The Morgan fingerprint density at radius 3 is 1.16 bits per heavy atom. The van der Waals surface area contributed by atoms with E-state index < -0.39 is 9.85 Å². The average molecular weight is 498 g/mol. The van der Waals surface area contributed by atoms with Gasteiger partial charge in [-0.15, -0.1) is 0 Å². The number of benzene rings is 4. The highest BCUT2D eigenvalue weighted by molar-refractivity contribution is 6.05. The predicted molar refractivity (Wildman–Crippen MR) is 135 cm³/mol. The molecule has 184 valence electrons. The fraction of sp³-hybridized carbons (Fsp3) is 0. The predicted octanol–water partition coefficient (Wildman–Crippen LogP) is 5.80. The van der Waals surface area contributed by atoms with Crippen molar-refractivity contribution >= 4 is 34.6 Å². The van der Waals surface area contributed by atoms with Crippen LogP contribution in [-0.2, 0) is 0 Å². The zero-order chi connectivity index (χ0) is 26.4. The number of nitrogens with one attached hydrogen (secondary N) is 2. The first-order valence-corrected chi connectivity index (χ1v) is 10.8. The highest BCUT2D eigenvalue weighted by Gasteiger charge is 2.11. The van der Waals surface area contributed by atoms with E-state index in [0.29, 0.717) is 34.0 Å². The molecule has 0 radical (unpaired) electrons. The maximum atomic E-state index is 12.4. The van der Waals surface area contributed by atoms with E-state index in [1.165, 1.54) is 48.5 Å². The molecule has 11 nitrogen and oxygen atoms in total. The Balaban J connectivity index is 1.33. The number of anilines is 2. The van der Waals surface area contributed by atoms with Gasteiger partial charge in [0.2, 0.25) is 0 Å². The molecule has 0 heterocycles. The molecule has 0 saturated heterocycles. The number of hydrogen-bond acceptors (Lipinski definition) is 7. The lowest BCUT2D eigenvalue weighted by Gasteiger charge is -2.09. The molecule has 37 heavy (non-hydrogen) atoms. The van der Waals surface area contributed by atoms with Gasteiger partial charge >= 0.3 is 0 Å². The Morgan fingerprint density at radius 1 is 0.541 bits per heavy atom. The van der Waals surface area contributed by atoms with Gasteiger partial charge in [-0.2, -0.15) is 0 Å². The van der Waals surface area contributed by atoms with E-state index in [1.54, 1.807) is 48.5 Å². The van der Waals surface area contributed by atoms with E-state index in [0.717, 1.165) is 0 Å². The van der Waals surface area contributed by atoms with Crippen LogP contribution in [0, 0.1) is 20.2 Å². The number of carbonyl (C=O) groups excluding carboxylic acids is 2. The second-order valence-corrected chi connectivity index (χ2v) is 7.67. The fourth-order valence-electron chi connectivity index (χ4n) is 3.22. The van der Waals surface area contributed by atoms with Crippen LogP contribution in [0.2, 0.25) is 0 Å². The number of ether oxygens (including phenoxy) is 1. The number of nitro groups is 2. The number of rotatable bonds is 8. The minimum absolute atomic E-state index is 0.0716. The minimum atomic E-state index is -0.519. The summed E-state index contributed by atoms with van der Waals surface area (Å²) in [4.78, 5) is 45.3. The molecule has 0 atom stereocenters. The highest BCUT2D eigenvalue weighted by Crippen LogP contribution is 2.24. The zero-order valence-electron chi connectivity index (χ0n) is 19.0. The van der Waals surface area contributed by atoms with E-state index in [4.69, 9.17) is 4.74 Å². The summed E-state index contributed by atoms with van der Waals surface area (Å²) in [5, 5.41) is 26.8. The summed E-state index contributed by atoms with van der Waals surface area (Å²) >= 11 is 0. The van der Waals surface area contributed by atoms with Crippen LogP contribution in [0.4, 0.5) is 22.7 Å². The van der Waals surface area contributed by atoms with E-state index in [1.807, 2.05) is 0 Å². The van der Waals surface area contributed by atoms with Crippen LogP contribution in [0.1, 0.15) is 20.7 Å². The molecule has 0 spiro atoms. The Bertz CT molecular complexity index is 1340. The van der Waals surface area contributed by atoms with Crippen LogP contribution >= 0.6 is 0 Å². The SMILES string of the molecule is O=C(Nc1ccc([N+](=O)[O-])cc1)c1ccc(Oc2ccc(C(=O)Nc3ccc([N+](=O)[O-])cc3)cc2)cc1. The summed E-state index contributed by atoms with van der Waals surface area (Å²) in [6.07, 6.45) is 0.